The van der Waals surface area contributed by atoms with Gasteiger partial charge in [0.2, 0.25) is 0 Å². The number of aliphatic hydroxyl groups excluding tert-OH is 2. The lowest BCUT2D eigenvalue weighted by Gasteiger charge is -2.21. The maximum atomic E-state index is 8.63. The molecule has 1 aliphatic heterocycles. The lowest BCUT2D eigenvalue weighted by molar-refractivity contribution is -0.100. The molecule has 4 heteroatoms. The summed E-state index contributed by atoms with van der Waals surface area (Å²) in [4.78, 5) is 0. The van der Waals surface area contributed by atoms with Crippen LogP contribution in [-0.2, 0) is 4.74 Å². The van der Waals surface area contributed by atoms with Crippen molar-refractivity contribution in [1.82, 2.24) is 5.32 Å². The van der Waals surface area contributed by atoms with Crippen molar-refractivity contribution in [3.63, 3.8) is 0 Å². The Labute approximate surface area is 47.1 Å². The first-order chi connectivity index (χ1) is 3.79. The SMILES string of the molecule is OC1COCC(O)[N]1. The molecule has 0 saturated carbocycles. The van der Waals surface area contributed by atoms with E-state index in [1.165, 1.54) is 0 Å². The smallest absolute Gasteiger partial charge is 0.146 e. The second kappa shape index (κ2) is 2.41. The summed E-state index contributed by atoms with van der Waals surface area (Å²) in [6, 6.07) is 0. The van der Waals surface area contributed by atoms with Crippen molar-refractivity contribution in [2.24, 2.45) is 0 Å². The summed E-state index contributed by atoms with van der Waals surface area (Å²) in [5, 5.41) is 20.7. The molecule has 0 aromatic rings. The summed E-state index contributed by atoms with van der Waals surface area (Å²) in [7, 11) is 0. The van der Waals surface area contributed by atoms with E-state index < -0.39 is 12.5 Å². The standard InChI is InChI=1S/C4H8NO3/c6-3-1-8-2-4(7)5-3/h3-4,6-7H,1-2H2. The van der Waals surface area contributed by atoms with E-state index in [9.17, 15) is 0 Å². The summed E-state index contributed by atoms with van der Waals surface area (Å²) in [5.41, 5.74) is 0. The molecule has 1 radical (unpaired) electrons. The summed E-state index contributed by atoms with van der Waals surface area (Å²) in [6.07, 6.45) is -1.67. The number of hydrogen-bond acceptors (Lipinski definition) is 3. The fourth-order valence-electron chi connectivity index (χ4n) is 0.564. The van der Waals surface area contributed by atoms with E-state index in [2.05, 4.69) is 5.32 Å². The van der Waals surface area contributed by atoms with Gasteiger partial charge in [-0.3, -0.25) is 0 Å². The van der Waals surface area contributed by atoms with Gasteiger partial charge in [0.25, 0.3) is 0 Å². The Morgan fingerprint density at radius 1 is 1.25 bits per heavy atom. The summed E-state index contributed by atoms with van der Waals surface area (Å²) in [5.74, 6) is 0. The molecule has 2 atom stereocenters. The van der Waals surface area contributed by atoms with E-state index in [0.29, 0.717) is 0 Å². The Hall–Kier alpha value is -0.160. The van der Waals surface area contributed by atoms with Crippen LogP contribution in [0.15, 0.2) is 0 Å². The normalized spacial score (nSPS) is 39.8. The van der Waals surface area contributed by atoms with Gasteiger partial charge in [-0.05, 0) is 0 Å². The maximum Gasteiger partial charge on any atom is 0.146 e. The highest BCUT2D eigenvalue weighted by Gasteiger charge is 2.17. The predicted molar refractivity (Wildman–Crippen MR) is 25.0 cm³/mol. The van der Waals surface area contributed by atoms with Crippen molar-refractivity contribution < 1.29 is 14.9 Å². The highest BCUT2D eigenvalue weighted by atomic mass is 16.5. The maximum absolute atomic E-state index is 8.63. The average Bonchev–Trinajstić information content (AvgIpc) is 1.64. The minimum absolute atomic E-state index is 0.205. The third-order valence-corrected chi connectivity index (χ3v) is 0.878. The Balaban J connectivity index is 2.23. The van der Waals surface area contributed by atoms with Gasteiger partial charge in [-0.1, -0.05) is 0 Å². The quantitative estimate of drug-likeness (QED) is 0.397. The zero-order valence-electron chi connectivity index (χ0n) is 4.32. The first kappa shape index (κ1) is 5.97. The first-order valence-electron chi connectivity index (χ1n) is 2.43. The molecule has 1 aliphatic rings. The van der Waals surface area contributed by atoms with E-state index in [1.807, 2.05) is 0 Å². The lowest BCUT2D eigenvalue weighted by atomic mass is 10.4. The average molecular weight is 118 g/mol. The van der Waals surface area contributed by atoms with E-state index in [4.69, 9.17) is 14.9 Å². The van der Waals surface area contributed by atoms with Gasteiger partial charge in [-0.25, -0.2) is 0 Å². The first-order valence-corrected chi connectivity index (χ1v) is 2.43. The summed E-state index contributed by atoms with van der Waals surface area (Å²) in [6.45, 7) is 0.411. The Morgan fingerprint density at radius 3 is 2.00 bits per heavy atom. The number of hydrogen-bond donors (Lipinski definition) is 2. The fourth-order valence-corrected chi connectivity index (χ4v) is 0.564. The number of nitrogens with zero attached hydrogens (tertiary/aromatic N) is 1. The van der Waals surface area contributed by atoms with E-state index >= 15 is 0 Å². The van der Waals surface area contributed by atoms with E-state index in [-0.39, 0.29) is 13.2 Å². The third-order valence-electron chi connectivity index (χ3n) is 0.878. The molecule has 4 nitrogen and oxygen atoms in total. The monoisotopic (exact) mass is 118 g/mol. The number of rotatable bonds is 0. The molecule has 0 aliphatic carbocycles. The topological polar surface area (TPSA) is 63.8 Å². The predicted octanol–water partition coefficient (Wildman–Crippen LogP) is -1.74. The van der Waals surface area contributed by atoms with Crippen LogP contribution in [0.1, 0.15) is 0 Å². The van der Waals surface area contributed by atoms with Crippen LogP contribution in [0.4, 0.5) is 0 Å². The summed E-state index contributed by atoms with van der Waals surface area (Å²) < 4.78 is 4.70. The zero-order valence-corrected chi connectivity index (χ0v) is 4.32. The van der Waals surface area contributed by atoms with Gasteiger partial charge in [0.1, 0.15) is 12.5 Å². The number of aliphatic hydroxyl groups is 2. The lowest BCUT2D eigenvalue weighted by Crippen LogP contribution is -2.43. The molecular weight excluding hydrogens is 110 g/mol. The molecule has 1 fully saturated rings. The van der Waals surface area contributed by atoms with E-state index in [0.717, 1.165) is 0 Å². The number of morpholine rings is 1. The zero-order chi connectivity index (χ0) is 5.98. The van der Waals surface area contributed by atoms with Crippen molar-refractivity contribution in [2.45, 2.75) is 12.5 Å². The minimum Gasteiger partial charge on any atom is -0.375 e. The molecule has 0 aromatic heterocycles. The van der Waals surface area contributed by atoms with Crippen LogP contribution >= 0.6 is 0 Å². The van der Waals surface area contributed by atoms with Crippen molar-refractivity contribution in [3.05, 3.63) is 0 Å². The Bertz CT molecular complexity index is 69.7. The molecule has 0 aromatic carbocycles. The summed E-state index contributed by atoms with van der Waals surface area (Å²) >= 11 is 0. The van der Waals surface area contributed by atoms with Crippen LogP contribution < -0.4 is 5.32 Å². The van der Waals surface area contributed by atoms with Crippen LogP contribution in [0.2, 0.25) is 0 Å². The molecule has 0 bridgehead atoms. The largest absolute Gasteiger partial charge is 0.375 e. The van der Waals surface area contributed by atoms with Crippen LogP contribution in [-0.4, -0.2) is 35.9 Å². The molecule has 1 heterocycles. The molecular formula is C4H8NO3. The van der Waals surface area contributed by atoms with Gasteiger partial charge in [-0.15, -0.1) is 0 Å². The highest BCUT2D eigenvalue weighted by molar-refractivity contribution is 4.60. The van der Waals surface area contributed by atoms with Crippen molar-refractivity contribution in [2.75, 3.05) is 13.2 Å². The van der Waals surface area contributed by atoms with Crippen molar-refractivity contribution in [3.8, 4) is 0 Å². The van der Waals surface area contributed by atoms with Crippen molar-refractivity contribution >= 4 is 0 Å². The van der Waals surface area contributed by atoms with Gasteiger partial charge < -0.3 is 14.9 Å². The van der Waals surface area contributed by atoms with Crippen LogP contribution in [0.3, 0.4) is 0 Å². The van der Waals surface area contributed by atoms with Crippen LogP contribution in [0.5, 0.6) is 0 Å². The van der Waals surface area contributed by atoms with Gasteiger partial charge >= 0.3 is 0 Å². The van der Waals surface area contributed by atoms with Crippen molar-refractivity contribution in [1.29, 1.82) is 0 Å². The molecule has 0 spiro atoms. The van der Waals surface area contributed by atoms with Gasteiger partial charge in [0, 0.05) is 0 Å². The number of ether oxygens (including phenoxy) is 1. The molecule has 0 amide bonds. The minimum atomic E-state index is -0.834. The molecule has 1 saturated heterocycles. The second-order valence-corrected chi connectivity index (χ2v) is 1.65. The van der Waals surface area contributed by atoms with Gasteiger partial charge in [0.15, 0.2) is 0 Å². The highest BCUT2D eigenvalue weighted by Crippen LogP contribution is 1.94. The van der Waals surface area contributed by atoms with Gasteiger partial charge in [-0.2, -0.15) is 5.32 Å². The van der Waals surface area contributed by atoms with Crippen LogP contribution in [0, 0.1) is 0 Å². The fraction of sp³-hybridized carbons (Fsp3) is 1.00. The van der Waals surface area contributed by atoms with E-state index in [1.54, 1.807) is 0 Å². The third kappa shape index (κ3) is 1.41. The molecule has 1 rings (SSSR count). The molecule has 2 N–H and O–H groups in total. The molecule has 8 heavy (non-hydrogen) atoms. The second-order valence-electron chi connectivity index (χ2n) is 1.65. The van der Waals surface area contributed by atoms with Crippen LogP contribution in [0.25, 0.3) is 0 Å². The van der Waals surface area contributed by atoms with Gasteiger partial charge in [0.05, 0.1) is 13.2 Å². The molecule has 47 valence electrons. The Morgan fingerprint density at radius 2 is 1.75 bits per heavy atom. The Kier molecular flexibility index (Phi) is 1.80. The molecule has 2 unspecified atom stereocenters.